The van der Waals surface area contributed by atoms with Gasteiger partial charge in [-0.3, -0.25) is 19.3 Å². The predicted octanol–water partition coefficient (Wildman–Crippen LogP) is 1.60. The fourth-order valence-corrected chi connectivity index (χ4v) is 2.46. The summed E-state index contributed by atoms with van der Waals surface area (Å²) >= 11 is 0. The minimum absolute atomic E-state index is 0.0499. The SMILES string of the molecule is COc1cccc(NC(=O)CN(C)CC(=O)NCC(=O)Nc2ccc(F)c(F)c2)c1. The summed E-state index contributed by atoms with van der Waals surface area (Å²) < 4.78 is 31.1. The van der Waals surface area contributed by atoms with Gasteiger partial charge in [-0.1, -0.05) is 6.07 Å². The first-order chi connectivity index (χ1) is 14.3. The normalized spacial score (nSPS) is 10.4. The number of amides is 3. The van der Waals surface area contributed by atoms with Crippen molar-refractivity contribution < 1.29 is 27.9 Å². The van der Waals surface area contributed by atoms with Crippen molar-refractivity contribution in [1.82, 2.24) is 10.2 Å². The molecule has 2 rings (SSSR count). The Morgan fingerprint density at radius 2 is 1.57 bits per heavy atom. The van der Waals surface area contributed by atoms with E-state index in [0.29, 0.717) is 11.4 Å². The summed E-state index contributed by atoms with van der Waals surface area (Å²) in [7, 11) is 3.09. The van der Waals surface area contributed by atoms with Gasteiger partial charge in [0.1, 0.15) is 5.75 Å². The highest BCUT2D eigenvalue weighted by Gasteiger charge is 2.13. The summed E-state index contributed by atoms with van der Waals surface area (Å²) in [4.78, 5) is 37.3. The topological polar surface area (TPSA) is 99.8 Å². The van der Waals surface area contributed by atoms with Crippen molar-refractivity contribution in [3.63, 3.8) is 0 Å². The van der Waals surface area contributed by atoms with Gasteiger partial charge < -0.3 is 20.7 Å². The molecule has 0 aliphatic carbocycles. The summed E-state index contributed by atoms with van der Waals surface area (Å²) in [5, 5.41) is 7.42. The van der Waals surface area contributed by atoms with Gasteiger partial charge in [-0.25, -0.2) is 8.78 Å². The largest absolute Gasteiger partial charge is 0.497 e. The fraction of sp³-hybridized carbons (Fsp3) is 0.250. The van der Waals surface area contributed by atoms with Crippen LogP contribution in [0, 0.1) is 11.6 Å². The van der Waals surface area contributed by atoms with E-state index in [4.69, 9.17) is 4.74 Å². The van der Waals surface area contributed by atoms with Crippen molar-refractivity contribution in [3.05, 3.63) is 54.1 Å². The Kier molecular flexibility index (Phi) is 8.24. The average molecular weight is 420 g/mol. The molecular formula is C20H22F2N4O4. The molecule has 0 spiro atoms. The van der Waals surface area contributed by atoms with Crippen LogP contribution in [0.5, 0.6) is 5.75 Å². The lowest BCUT2D eigenvalue weighted by atomic mass is 10.3. The first kappa shape index (κ1) is 22.8. The quantitative estimate of drug-likeness (QED) is 0.572. The molecule has 0 bridgehead atoms. The second-order valence-electron chi connectivity index (χ2n) is 6.41. The van der Waals surface area contributed by atoms with Gasteiger partial charge in [-0.15, -0.1) is 0 Å². The number of benzene rings is 2. The molecular weight excluding hydrogens is 398 g/mol. The van der Waals surface area contributed by atoms with Crippen molar-refractivity contribution in [3.8, 4) is 5.75 Å². The minimum Gasteiger partial charge on any atom is -0.497 e. The Hall–Kier alpha value is -3.53. The Balaban J connectivity index is 1.72. The standard InChI is InChI=1S/C20H22F2N4O4/c1-26(12-20(29)25-13-4-3-5-15(8-13)30-2)11-19(28)23-10-18(27)24-14-6-7-16(21)17(22)9-14/h3-9H,10-12H2,1-2H3,(H,23,28)(H,24,27)(H,25,29). The molecule has 2 aromatic rings. The fourth-order valence-electron chi connectivity index (χ4n) is 2.46. The maximum Gasteiger partial charge on any atom is 0.243 e. The lowest BCUT2D eigenvalue weighted by molar-refractivity contribution is -0.125. The highest BCUT2D eigenvalue weighted by Crippen LogP contribution is 2.16. The second-order valence-corrected chi connectivity index (χ2v) is 6.41. The Morgan fingerprint density at radius 3 is 2.27 bits per heavy atom. The van der Waals surface area contributed by atoms with Crippen LogP contribution in [0.25, 0.3) is 0 Å². The van der Waals surface area contributed by atoms with Crippen LogP contribution in [0.3, 0.4) is 0 Å². The predicted molar refractivity (Wildman–Crippen MR) is 107 cm³/mol. The summed E-state index contributed by atoms with van der Waals surface area (Å²) in [6.45, 7) is -0.530. The third-order valence-corrected chi connectivity index (χ3v) is 3.83. The number of halogens is 2. The molecule has 0 aliphatic heterocycles. The van der Waals surface area contributed by atoms with E-state index in [1.807, 2.05) is 0 Å². The van der Waals surface area contributed by atoms with Crippen LogP contribution in [0.4, 0.5) is 20.2 Å². The van der Waals surface area contributed by atoms with Gasteiger partial charge in [0.25, 0.3) is 0 Å². The molecule has 0 saturated heterocycles. The van der Waals surface area contributed by atoms with E-state index in [9.17, 15) is 23.2 Å². The zero-order valence-corrected chi connectivity index (χ0v) is 16.5. The lowest BCUT2D eigenvalue weighted by Gasteiger charge is -2.16. The number of rotatable bonds is 9. The van der Waals surface area contributed by atoms with E-state index in [-0.39, 0.29) is 31.2 Å². The van der Waals surface area contributed by atoms with Gasteiger partial charge in [0.15, 0.2) is 11.6 Å². The molecule has 0 radical (unpaired) electrons. The van der Waals surface area contributed by atoms with Crippen molar-refractivity contribution in [2.75, 3.05) is 44.4 Å². The Morgan fingerprint density at radius 1 is 0.900 bits per heavy atom. The zero-order valence-electron chi connectivity index (χ0n) is 16.5. The number of ether oxygens (including phenoxy) is 1. The maximum atomic E-state index is 13.1. The molecule has 0 aliphatic rings. The molecule has 0 unspecified atom stereocenters. The Labute approximate surface area is 172 Å². The van der Waals surface area contributed by atoms with Gasteiger partial charge in [0.2, 0.25) is 17.7 Å². The van der Waals surface area contributed by atoms with Gasteiger partial charge in [0, 0.05) is 23.5 Å². The second kappa shape index (κ2) is 10.9. The van der Waals surface area contributed by atoms with Crippen molar-refractivity contribution in [2.24, 2.45) is 0 Å². The van der Waals surface area contributed by atoms with Crippen LogP contribution < -0.4 is 20.7 Å². The van der Waals surface area contributed by atoms with Crippen LogP contribution in [0.2, 0.25) is 0 Å². The van der Waals surface area contributed by atoms with Crippen LogP contribution in [-0.4, -0.2) is 56.4 Å². The van der Waals surface area contributed by atoms with Crippen LogP contribution in [-0.2, 0) is 14.4 Å². The summed E-state index contributed by atoms with van der Waals surface area (Å²) in [5.74, 6) is -2.93. The van der Waals surface area contributed by atoms with E-state index in [1.54, 1.807) is 31.3 Å². The molecule has 3 N–H and O–H groups in total. The first-order valence-corrected chi connectivity index (χ1v) is 8.91. The van der Waals surface area contributed by atoms with Gasteiger partial charge in [-0.2, -0.15) is 0 Å². The highest BCUT2D eigenvalue weighted by molar-refractivity contribution is 5.95. The number of nitrogens with one attached hydrogen (secondary N) is 3. The van der Waals surface area contributed by atoms with Crippen molar-refractivity contribution >= 4 is 29.1 Å². The molecule has 2 aromatic carbocycles. The first-order valence-electron chi connectivity index (χ1n) is 8.91. The molecule has 0 aromatic heterocycles. The van der Waals surface area contributed by atoms with Crippen LogP contribution in [0.15, 0.2) is 42.5 Å². The number of nitrogens with zero attached hydrogens (tertiary/aromatic N) is 1. The van der Waals surface area contributed by atoms with Gasteiger partial charge in [-0.05, 0) is 31.3 Å². The lowest BCUT2D eigenvalue weighted by Crippen LogP contribution is -2.41. The number of likely N-dealkylation sites (N-methyl/N-ethyl adjacent to an activating group) is 1. The molecule has 0 heterocycles. The van der Waals surface area contributed by atoms with Gasteiger partial charge >= 0.3 is 0 Å². The zero-order chi connectivity index (χ0) is 22.1. The van der Waals surface area contributed by atoms with E-state index in [2.05, 4.69) is 16.0 Å². The van der Waals surface area contributed by atoms with Gasteiger partial charge in [0.05, 0.1) is 26.7 Å². The number of hydrogen-bond donors (Lipinski definition) is 3. The maximum absolute atomic E-state index is 13.1. The molecule has 30 heavy (non-hydrogen) atoms. The van der Waals surface area contributed by atoms with Crippen molar-refractivity contribution in [1.29, 1.82) is 0 Å². The summed E-state index contributed by atoms with van der Waals surface area (Å²) in [6.07, 6.45) is 0. The van der Waals surface area contributed by atoms with E-state index in [0.717, 1.165) is 12.1 Å². The third kappa shape index (κ3) is 7.47. The molecule has 8 nitrogen and oxygen atoms in total. The molecule has 3 amide bonds. The number of methoxy groups -OCH3 is 1. The molecule has 0 saturated carbocycles. The minimum atomic E-state index is -1.09. The van der Waals surface area contributed by atoms with E-state index in [1.165, 1.54) is 18.1 Å². The molecule has 0 atom stereocenters. The van der Waals surface area contributed by atoms with Crippen LogP contribution >= 0.6 is 0 Å². The summed E-state index contributed by atoms with van der Waals surface area (Å²) in [5.41, 5.74) is 0.630. The highest BCUT2D eigenvalue weighted by atomic mass is 19.2. The molecule has 0 fully saturated rings. The number of carbonyl (C=O) groups excluding carboxylic acids is 3. The van der Waals surface area contributed by atoms with E-state index < -0.39 is 23.4 Å². The number of hydrogen-bond acceptors (Lipinski definition) is 5. The van der Waals surface area contributed by atoms with Crippen LogP contribution in [0.1, 0.15) is 0 Å². The molecule has 160 valence electrons. The monoisotopic (exact) mass is 420 g/mol. The number of carbonyl (C=O) groups is 3. The third-order valence-electron chi connectivity index (χ3n) is 3.83. The smallest absolute Gasteiger partial charge is 0.243 e. The molecule has 10 heteroatoms. The van der Waals surface area contributed by atoms with Crippen molar-refractivity contribution in [2.45, 2.75) is 0 Å². The van der Waals surface area contributed by atoms with E-state index >= 15 is 0 Å². The number of anilines is 2. The average Bonchev–Trinajstić information content (AvgIpc) is 2.69. The summed E-state index contributed by atoms with van der Waals surface area (Å²) in [6, 6.07) is 9.77. The Bertz CT molecular complexity index is 923.